The van der Waals surface area contributed by atoms with E-state index in [1.54, 1.807) is 6.92 Å². The third-order valence-corrected chi connectivity index (χ3v) is 3.51. The second kappa shape index (κ2) is 8.03. The molecule has 0 N–H and O–H groups in total. The van der Waals surface area contributed by atoms with Crippen LogP contribution in [0, 0.1) is 0 Å². The van der Waals surface area contributed by atoms with Gasteiger partial charge in [-0.25, -0.2) is 4.79 Å². The van der Waals surface area contributed by atoms with E-state index < -0.39 is 18.1 Å². The standard InChI is InChI=1S/C16H21F3N2O3/c1-5-21(6-2)13-9-8-11(10-12(13)14(22)24-7-3)20(4)15(23)16(17,18)19/h8-10H,5-7H2,1-4H3. The van der Waals surface area contributed by atoms with Crippen molar-refractivity contribution in [1.29, 1.82) is 0 Å². The van der Waals surface area contributed by atoms with Crippen molar-refractivity contribution in [2.24, 2.45) is 0 Å². The van der Waals surface area contributed by atoms with Gasteiger partial charge in [-0.05, 0) is 39.0 Å². The van der Waals surface area contributed by atoms with Gasteiger partial charge >= 0.3 is 18.1 Å². The molecular formula is C16H21F3N2O3. The maximum atomic E-state index is 12.6. The van der Waals surface area contributed by atoms with Gasteiger partial charge in [0.05, 0.1) is 17.9 Å². The molecular weight excluding hydrogens is 325 g/mol. The maximum Gasteiger partial charge on any atom is 0.471 e. The van der Waals surface area contributed by atoms with Crippen LogP contribution < -0.4 is 9.80 Å². The molecule has 1 amide bonds. The van der Waals surface area contributed by atoms with Crippen molar-refractivity contribution in [2.45, 2.75) is 26.9 Å². The van der Waals surface area contributed by atoms with Gasteiger partial charge in [0.25, 0.3) is 0 Å². The first kappa shape index (κ1) is 19.8. The molecule has 0 fully saturated rings. The van der Waals surface area contributed by atoms with Crippen LogP contribution in [-0.2, 0) is 9.53 Å². The van der Waals surface area contributed by atoms with Crippen LogP contribution in [0.5, 0.6) is 0 Å². The molecule has 24 heavy (non-hydrogen) atoms. The number of nitrogens with zero attached hydrogens (tertiary/aromatic N) is 2. The quantitative estimate of drug-likeness (QED) is 0.742. The first-order valence-corrected chi connectivity index (χ1v) is 7.58. The molecule has 8 heteroatoms. The summed E-state index contributed by atoms with van der Waals surface area (Å²) in [6.45, 7) is 6.78. The number of ether oxygens (including phenoxy) is 1. The summed E-state index contributed by atoms with van der Waals surface area (Å²) < 4.78 is 42.8. The fraction of sp³-hybridized carbons (Fsp3) is 0.500. The van der Waals surface area contributed by atoms with Crippen molar-refractivity contribution in [3.05, 3.63) is 23.8 Å². The number of rotatable bonds is 6. The van der Waals surface area contributed by atoms with Crippen molar-refractivity contribution in [1.82, 2.24) is 0 Å². The lowest BCUT2D eigenvalue weighted by Crippen LogP contribution is -2.38. The third kappa shape index (κ3) is 4.39. The van der Waals surface area contributed by atoms with Gasteiger partial charge in [0.1, 0.15) is 0 Å². The van der Waals surface area contributed by atoms with Crippen LogP contribution in [0.1, 0.15) is 31.1 Å². The lowest BCUT2D eigenvalue weighted by Gasteiger charge is -2.25. The highest BCUT2D eigenvalue weighted by molar-refractivity contribution is 6.01. The Bertz CT molecular complexity index is 599. The summed E-state index contributed by atoms with van der Waals surface area (Å²) in [4.78, 5) is 25.9. The van der Waals surface area contributed by atoms with Crippen LogP contribution in [0.15, 0.2) is 18.2 Å². The van der Waals surface area contributed by atoms with Crippen LogP contribution in [0.25, 0.3) is 0 Å². The summed E-state index contributed by atoms with van der Waals surface area (Å²) in [6.07, 6.45) is -4.99. The number of anilines is 2. The number of hydrogen-bond acceptors (Lipinski definition) is 4. The summed E-state index contributed by atoms with van der Waals surface area (Å²) in [5.41, 5.74) is 0.645. The van der Waals surface area contributed by atoms with Gasteiger partial charge < -0.3 is 14.5 Å². The predicted molar refractivity (Wildman–Crippen MR) is 85.4 cm³/mol. The van der Waals surface area contributed by atoms with Gasteiger partial charge in [0.2, 0.25) is 0 Å². The number of alkyl halides is 3. The molecule has 134 valence electrons. The summed E-state index contributed by atoms with van der Waals surface area (Å²) in [6, 6.07) is 4.14. The minimum Gasteiger partial charge on any atom is -0.462 e. The zero-order chi connectivity index (χ0) is 18.5. The molecule has 0 bridgehead atoms. The van der Waals surface area contributed by atoms with E-state index in [0.29, 0.717) is 23.7 Å². The molecule has 0 radical (unpaired) electrons. The van der Waals surface area contributed by atoms with Crippen LogP contribution in [-0.4, -0.2) is 44.8 Å². The smallest absolute Gasteiger partial charge is 0.462 e. The van der Waals surface area contributed by atoms with E-state index in [-0.39, 0.29) is 17.9 Å². The summed E-state index contributed by atoms with van der Waals surface area (Å²) in [5.74, 6) is -2.65. The van der Waals surface area contributed by atoms with E-state index in [9.17, 15) is 22.8 Å². The highest BCUT2D eigenvalue weighted by Gasteiger charge is 2.41. The molecule has 0 saturated heterocycles. The molecule has 0 aliphatic carbocycles. The van der Waals surface area contributed by atoms with E-state index in [4.69, 9.17) is 4.74 Å². The largest absolute Gasteiger partial charge is 0.471 e. The molecule has 0 atom stereocenters. The number of amides is 1. The molecule has 1 rings (SSSR count). The molecule has 0 saturated carbocycles. The van der Waals surface area contributed by atoms with E-state index in [0.717, 1.165) is 7.05 Å². The summed E-state index contributed by atoms with van der Waals surface area (Å²) >= 11 is 0. The molecule has 5 nitrogen and oxygen atoms in total. The minimum atomic E-state index is -4.99. The highest BCUT2D eigenvalue weighted by Crippen LogP contribution is 2.29. The molecule has 0 aromatic heterocycles. The van der Waals surface area contributed by atoms with Gasteiger partial charge in [-0.15, -0.1) is 0 Å². The van der Waals surface area contributed by atoms with Crippen LogP contribution >= 0.6 is 0 Å². The van der Waals surface area contributed by atoms with E-state index >= 15 is 0 Å². The zero-order valence-electron chi connectivity index (χ0n) is 14.1. The van der Waals surface area contributed by atoms with Gasteiger partial charge in [0.15, 0.2) is 0 Å². The first-order valence-electron chi connectivity index (χ1n) is 7.58. The monoisotopic (exact) mass is 346 g/mol. The molecule has 0 spiro atoms. The third-order valence-electron chi connectivity index (χ3n) is 3.51. The highest BCUT2D eigenvalue weighted by atomic mass is 19.4. The molecule has 1 aromatic rings. The fourth-order valence-corrected chi connectivity index (χ4v) is 2.25. The average Bonchev–Trinajstić information content (AvgIpc) is 2.54. The van der Waals surface area contributed by atoms with Crippen molar-refractivity contribution >= 4 is 23.3 Å². The van der Waals surface area contributed by atoms with Crippen molar-refractivity contribution in [3.8, 4) is 0 Å². The van der Waals surface area contributed by atoms with Crippen LogP contribution in [0.2, 0.25) is 0 Å². The molecule has 0 aliphatic rings. The summed E-state index contributed by atoms with van der Waals surface area (Å²) in [5, 5.41) is 0. The molecule has 0 unspecified atom stereocenters. The van der Waals surface area contributed by atoms with Gasteiger partial charge in [0, 0.05) is 25.8 Å². The van der Waals surface area contributed by atoms with Crippen LogP contribution in [0.3, 0.4) is 0 Å². The Labute approximate surface area is 139 Å². The summed E-state index contributed by atoms with van der Waals surface area (Å²) in [7, 11) is 1.01. The van der Waals surface area contributed by atoms with Crippen LogP contribution in [0.4, 0.5) is 24.5 Å². The van der Waals surface area contributed by atoms with E-state index in [2.05, 4.69) is 0 Å². The van der Waals surface area contributed by atoms with Gasteiger partial charge in [-0.2, -0.15) is 13.2 Å². The van der Waals surface area contributed by atoms with Gasteiger partial charge in [-0.1, -0.05) is 0 Å². The lowest BCUT2D eigenvalue weighted by atomic mass is 10.1. The van der Waals surface area contributed by atoms with Crippen molar-refractivity contribution in [3.63, 3.8) is 0 Å². The first-order chi connectivity index (χ1) is 11.2. The fourth-order valence-electron chi connectivity index (χ4n) is 2.25. The lowest BCUT2D eigenvalue weighted by molar-refractivity contribution is -0.170. The molecule has 0 aliphatic heterocycles. The topological polar surface area (TPSA) is 49.9 Å². The van der Waals surface area contributed by atoms with E-state index in [1.807, 2.05) is 18.7 Å². The Balaban J connectivity index is 3.34. The van der Waals surface area contributed by atoms with Crippen molar-refractivity contribution in [2.75, 3.05) is 36.5 Å². The molecule has 1 aromatic carbocycles. The Morgan fingerprint density at radius 3 is 2.17 bits per heavy atom. The number of hydrogen-bond donors (Lipinski definition) is 0. The second-order valence-electron chi connectivity index (χ2n) is 4.96. The SMILES string of the molecule is CCOC(=O)c1cc(N(C)C(=O)C(F)(F)F)ccc1N(CC)CC. The molecule has 0 heterocycles. The number of carbonyl (C=O) groups excluding carboxylic acids is 2. The number of carbonyl (C=O) groups is 2. The predicted octanol–water partition coefficient (Wildman–Crippen LogP) is 3.23. The Morgan fingerprint density at radius 2 is 1.71 bits per heavy atom. The average molecular weight is 346 g/mol. The normalized spacial score (nSPS) is 11.1. The minimum absolute atomic E-state index is 0.0312. The Hall–Kier alpha value is -2.25. The number of esters is 1. The van der Waals surface area contributed by atoms with E-state index in [1.165, 1.54) is 18.2 Å². The zero-order valence-corrected chi connectivity index (χ0v) is 14.1. The van der Waals surface area contributed by atoms with Crippen molar-refractivity contribution < 1.29 is 27.5 Å². The Kier molecular flexibility index (Phi) is 6.62. The number of benzene rings is 1. The Morgan fingerprint density at radius 1 is 1.12 bits per heavy atom. The maximum absolute atomic E-state index is 12.6. The number of halogens is 3. The van der Waals surface area contributed by atoms with Gasteiger partial charge in [-0.3, -0.25) is 4.79 Å². The second-order valence-corrected chi connectivity index (χ2v) is 4.96.